The van der Waals surface area contributed by atoms with Crippen molar-refractivity contribution >= 4 is 17.1 Å². The van der Waals surface area contributed by atoms with Gasteiger partial charge in [0.2, 0.25) is 0 Å². The maximum absolute atomic E-state index is 10.3. The summed E-state index contributed by atoms with van der Waals surface area (Å²) in [7, 11) is 0. The molecule has 5 heteroatoms. The van der Waals surface area contributed by atoms with E-state index in [0.29, 0.717) is 11.5 Å². The Morgan fingerprint density at radius 3 is 1.66 bits per heavy atom. The predicted octanol–water partition coefficient (Wildman–Crippen LogP) is 6.99. The van der Waals surface area contributed by atoms with Crippen LogP contribution in [-0.4, -0.2) is 15.3 Å². The fourth-order valence-electron chi connectivity index (χ4n) is 3.43. The molecule has 0 spiro atoms. The molecule has 0 heterocycles. The van der Waals surface area contributed by atoms with Crippen molar-refractivity contribution in [3.63, 3.8) is 0 Å². The lowest BCUT2D eigenvalue weighted by Crippen LogP contribution is -2.10. The predicted molar refractivity (Wildman–Crippen MR) is 127 cm³/mol. The van der Waals surface area contributed by atoms with E-state index in [2.05, 4.69) is 0 Å². The van der Waals surface area contributed by atoms with Crippen molar-refractivity contribution in [1.29, 1.82) is 0 Å². The highest BCUT2D eigenvalue weighted by Crippen LogP contribution is 2.40. The van der Waals surface area contributed by atoms with Gasteiger partial charge in [-0.2, -0.15) is 0 Å². The van der Waals surface area contributed by atoms with Gasteiger partial charge in [-0.25, -0.2) is 0 Å². The quantitative estimate of drug-likeness (QED) is 0.320. The van der Waals surface area contributed by atoms with Crippen molar-refractivity contribution in [2.75, 3.05) is 4.90 Å². The second-order valence-electron chi connectivity index (χ2n) is 7.79. The van der Waals surface area contributed by atoms with E-state index in [4.69, 9.17) is 4.74 Å². The average molecular weight is 428 g/mol. The number of aryl methyl sites for hydroxylation is 3. The minimum Gasteiger partial charge on any atom is -0.508 e. The molecule has 4 aromatic carbocycles. The summed E-state index contributed by atoms with van der Waals surface area (Å²) in [5, 5.41) is 30.8. The molecule has 0 bridgehead atoms. The molecular weight excluding hydrogens is 402 g/mol. The molecular formula is C27H25NO4. The first-order chi connectivity index (χ1) is 15.3. The van der Waals surface area contributed by atoms with Crippen molar-refractivity contribution in [2.24, 2.45) is 0 Å². The van der Waals surface area contributed by atoms with Crippen molar-refractivity contribution in [3.05, 3.63) is 95.6 Å². The number of aromatic hydroxyl groups is 3. The molecule has 4 rings (SSSR count). The van der Waals surface area contributed by atoms with Crippen LogP contribution in [0.25, 0.3) is 0 Å². The molecule has 0 radical (unpaired) electrons. The van der Waals surface area contributed by atoms with Crippen molar-refractivity contribution in [1.82, 2.24) is 0 Å². The van der Waals surface area contributed by atoms with Crippen molar-refractivity contribution in [3.8, 4) is 28.7 Å². The molecule has 0 aliphatic heterocycles. The molecule has 0 aliphatic carbocycles. The van der Waals surface area contributed by atoms with Crippen LogP contribution in [0.1, 0.15) is 16.7 Å². The zero-order valence-corrected chi connectivity index (χ0v) is 18.2. The van der Waals surface area contributed by atoms with Crippen LogP contribution in [0.15, 0.2) is 78.9 Å². The van der Waals surface area contributed by atoms with Crippen LogP contribution in [-0.2, 0) is 0 Å². The summed E-state index contributed by atoms with van der Waals surface area (Å²) < 4.78 is 5.86. The van der Waals surface area contributed by atoms with E-state index in [1.807, 2.05) is 86.3 Å². The highest BCUT2D eigenvalue weighted by molar-refractivity contribution is 5.78. The van der Waals surface area contributed by atoms with Crippen LogP contribution in [0.2, 0.25) is 0 Å². The van der Waals surface area contributed by atoms with Crippen LogP contribution in [0, 0.1) is 20.8 Å². The van der Waals surface area contributed by atoms with Gasteiger partial charge in [0.1, 0.15) is 17.2 Å². The lowest BCUT2D eigenvalue weighted by atomic mass is 10.1. The molecule has 0 atom stereocenters. The summed E-state index contributed by atoms with van der Waals surface area (Å²) in [6.07, 6.45) is 0. The number of rotatable bonds is 5. The molecule has 4 aromatic rings. The normalized spacial score (nSPS) is 10.7. The number of para-hydroxylation sites is 1. The number of phenols is 3. The Hall–Kier alpha value is -4.12. The summed E-state index contributed by atoms with van der Waals surface area (Å²) in [6, 6.07) is 23.7. The van der Waals surface area contributed by atoms with Crippen molar-refractivity contribution in [2.45, 2.75) is 20.8 Å². The van der Waals surface area contributed by atoms with E-state index in [1.54, 1.807) is 18.2 Å². The molecule has 0 saturated carbocycles. The Labute approximate surface area is 187 Å². The van der Waals surface area contributed by atoms with Crippen molar-refractivity contribution < 1.29 is 20.1 Å². The standard InChI is InChI=1S/C27H25NO4/c1-17-7-9-21(15-24(17)29)28(22-10-8-18(2)25(30)16-22)20-11-13-23(14-12-20)32-26-6-4-5-19(3)27(26)31/h4-16,29-31H,1-3H3. The fraction of sp³-hybridized carbons (Fsp3) is 0.111. The third-order valence-corrected chi connectivity index (χ3v) is 5.43. The zero-order valence-electron chi connectivity index (χ0n) is 18.2. The molecule has 5 nitrogen and oxygen atoms in total. The van der Waals surface area contributed by atoms with Gasteiger partial charge < -0.3 is 25.0 Å². The van der Waals surface area contributed by atoms with Gasteiger partial charge in [0.15, 0.2) is 11.5 Å². The third kappa shape index (κ3) is 4.18. The summed E-state index contributed by atoms with van der Waals surface area (Å²) in [6.45, 7) is 5.50. The summed E-state index contributed by atoms with van der Waals surface area (Å²) >= 11 is 0. The second-order valence-corrected chi connectivity index (χ2v) is 7.79. The summed E-state index contributed by atoms with van der Waals surface area (Å²) in [4.78, 5) is 1.94. The molecule has 0 aromatic heterocycles. The first-order valence-electron chi connectivity index (χ1n) is 10.3. The van der Waals surface area contributed by atoms with Crippen LogP contribution in [0.5, 0.6) is 28.7 Å². The average Bonchev–Trinajstić information content (AvgIpc) is 2.78. The van der Waals surface area contributed by atoms with Gasteiger partial charge in [-0.3, -0.25) is 0 Å². The fourth-order valence-corrected chi connectivity index (χ4v) is 3.43. The van der Waals surface area contributed by atoms with E-state index in [1.165, 1.54) is 0 Å². The van der Waals surface area contributed by atoms with Gasteiger partial charge >= 0.3 is 0 Å². The second kappa shape index (κ2) is 8.55. The van der Waals surface area contributed by atoms with E-state index >= 15 is 0 Å². The van der Waals surface area contributed by atoms with E-state index in [0.717, 1.165) is 33.8 Å². The van der Waals surface area contributed by atoms with Crippen LogP contribution in [0.3, 0.4) is 0 Å². The first kappa shape index (κ1) is 21.1. The van der Waals surface area contributed by atoms with E-state index in [9.17, 15) is 15.3 Å². The molecule has 162 valence electrons. The molecule has 0 fully saturated rings. The lowest BCUT2D eigenvalue weighted by molar-refractivity contribution is 0.408. The lowest BCUT2D eigenvalue weighted by Gasteiger charge is -2.26. The topological polar surface area (TPSA) is 73.2 Å². The maximum atomic E-state index is 10.3. The van der Waals surface area contributed by atoms with Gasteiger partial charge in [0, 0.05) is 29.2 Å². The molecule has 0 saturated heterocycles. The largest absolute Gasteiger partial charge is 0.508 e. The Morgan fingerprint density at radius 2 is 1.12 bits per heavy atom. The SMILES string of the molecule is Cc1ccc(N(c2ccc(Oc3cccc(C)c3O)cc2)c2ccc(C)c(O)c2)cc1O. The zero-order chi connectivity index (χ0) is 22.8. The number of hydrogen-bond acceptors (Lipinski definition) is 5. The molecule has 0 amide bonds. The Balaban J connectivity index is 1.73. The number of nitrogens with zero attached hydrogens (tertiary/aromatic N) is 1. The highest BCUT2D eigenvalue weighted by Gasteiger charge is 2.15. The Morgan fingerprint density at radius 1 is 0.594 bits per heavy atom. The van der Waals surface area contributed by atoms with Gasteiger partial charge in [0.05, 0.1) is 0 Å². The van der Waals surface area contributed by atoms with Crippen LogP contribution in [0.4, 0.5) is 17.1 Å². The molecule has 0 unspecified atom stereocenters. The minimum atomic E-state index is 0.114. The van der Waals surface area contributed by atoms with Gasteiger partial charge in [-0.05, 0) is 79.9 Å². The maximum Gasteiger partial charge on any atom is 0.169 e. The van der Waals surface area contributed by atoms with Crippen LogP contribution < -0.4 is 9.64 Å². The number of ether oxygens (including phenoxy) is 1. The number of anilines is 3. The Kier molecular flexibility index (Phi) is 5.65. The number of hydrogen-bond donors (Lipinski definition) is 3. The Bertz CT molecular complexity index is 1210. The molecule has 0 aliphatic rings. The number of benzene rings is 4. The minimum absolute atomic E-state index is 0.114. The van der Waals surface area contributed by atoms with Crippen LogP contribution >= 0.6 is 0 Å². The molecule has 3 N–H and O–H groups in total. The number of phenolic OH excluding ortho intramolecular Hbond substituents is 3. The van der Waals surface area contributed by atoms with Gasteiger partial charge in [-0.1, -0.05) is 24.3 Å². The monoisotopic (exact) mass is 427 g/mol. The molecule has 32 heavy (non-hydrogen) atoms. The van der Waals surface area contributed by atoms with Gasteiger partial charge in [0.25, 0.3) is 0 Å². The van der Waals surface area contributed by atoms with E-state index < -0.39 is 0 Å². The highest BCUT2D eigenvalue weighted by atomic mass is 16.5. The first-order valence-corrected chi connectivity index (χ1v) is 10.3. The third-order valence-electron chi connectivity index (χ3n) is 5.43. The summed E-state index contributed by atoms with van der Waals surface area (Å²) in [5.74, 6) is 1.47. The smallest absolute Gasteiger partial charge is 0.169 e. The van der Waals surface area contributed by atoms with E-state index in [-0.39, 0.29) is 17.2 Å². The van der Waals surface area contributed by atoms with Gasteiger partial charge in [-0.15, -0.1) is 0 Å². The summed E-state index contributed by atoms with van der Waals surface area (Å²) in [5.41, 5.74) is 4.62.